The zero-order chi connectivity index (χ0) is 29.4. The number of hydrogen-bond donors (Lipinski definition) is 10. The first-order chi connectivity index (χ1) is 17.6. The summed E-state index contributed by atoms with van der Waals surface area (Å²) < 4.78 is 0. The van der Waals surface area contributed by atoms with E-state index in [0.29, 0.717) is 6.42 Å². The van der Waals surface area contributed by atoms with E-state index in [0.717, 1.165) is 0 Å². The molecule has 0 aliphatic carbocycles. The minimum Gasteiger partial charge on any atom is -0.481 e. The summed E-state index contributed by atoms with van der Waals surface area (Å²) in [7, 11) is 0. The molecule has 0 aromatic rings. The number of carbonyl (C=O) groups excluding carboxylic acids is 3. The highest BCUT2D eigenvalue weighted by Crippen LogP contribution is 2.08. The van der Waals surface area contributed by atoms with Gasteiger partial charge in [0.2, 0.25) is 17.7 Å². The highest BCUT2D eigenvalue weighted by molar-refractivity contribution is 5.94. The number of nitrogens with one attached hydrogen (secondary N) is 5. The molecule has 0 aromatic heterocycles. The maximum atomic E-state index is 13.0. The number of hydrogen-bond acceptors (Lipinski definition) is 8. The van der Waals surface area contributed by atoms with Gasteiger partial charge in [-0.05, 0) is 38.0 Å². The first kappa shape index (κ1) is 34.0. The average Bonchev–Trinajstić information content (AvgIpc) is 2.80. The Morgan fingerprint density at radius 1 is 0.763 bits per heavy atom. The zero-order valence-corrected chi connectivity index (χ0v) is 21.5. The van der Waals surface area contributed by atoms with E-state index in [-0.39, 0.29) is 44.1 Å². The van der Waals surface area contributed by atoms with Crippen molar-refractivity contribution >= 4 is 41.6 Å². The Balaban J connectivity index is 5.53. The second-order valence-electron chi connectivity index (χ2n) is 9.11. The lowest BCUT2D eigenvalue weighted by molar-refractivity contribution is -0.143. The van der Waals surface area contributed by atoms with Gasteiger partial charge in [-0.25, -0.2) is 4.79 Å². The van der Waals surface area contributed by atoms with Crippen molar-refractivity contribution in [3.8, 4) is 0 Å². The van der Waals surface area contributed by atoms with Crippen LogP contribution in [0.25, 0.3) is 0 Å². The standard InChI is InChI=1S/C22H39N7O9/c1-11(2)10-15(21(37)38)29-20(36)14(6-8-17(32)33)28-19(35)13(5-7-16(30)31)27-18(34)12(23)4-3-9-26-22(24)25/h11-15H,3-10,23H2,1-2H3,(H,27,34)(H,28,35)(H,29,36)(H,30,31)(H,32,33)(H,37,38)(H4,24,25,26)/t12-,13-,14-,15-/m0/s1. The SMILES string of the molecule is CC(C)C[C@H](NC(=O)[C@H](CCC(=O)O)NC(=O)[C@H](CCC(=O)O)NC(=O)[C@@H](N)CCCNC(=N)N)C(=O)O. The maximum Gasteiger partial charge on any atom is 0.326 e. The van der Waals surface area contributed by atoms with Gasteiger partial charge >= 0.3 is 17.9 Å². The summed E-state index contributed by atoms with van der Waals surface area (Å²) in [6, 6.07) is -5.26. The van der Waals surface area contributed by atoms with Crippen LogP contribution in [0.1, 0.15) is 58.8 Å². The van der Waals surface area contributed by atoms with Gasteiger partial charge in [-0.3, -0.25) is 29.4 Å². The Morgan fingerprint density at radius 3 is 1.61 bits per heavy atom. The molecule has 16 nitrogen and oxygen atoms in total. The van der Waals surface area contributed by atoms with Crippen molar-refractivity contribution in [3.05, 3.63) is 0 Å². The third-order valence-corrected chi connectivity index (χ3v) is 5.23. The smallest absolute Gasteiger partial charge is 0.326 e. The number of nitrogens with two attached hydrogens (primary N) is 2. The summed E-state index contributed by atoms with van der Waals surface area (Å²) in [5.74, 6) is -6.86. The molecule has 4 atom stereocenters. The summed E-state index contributed by atoms with van der Waals surface area (Å²) >= 11 is 0. The van der Waals surface area contributed by atoms with Gasteiger partial charge in [0.05, 0.1) is 6.04 Å². The maximum absolute atomic E-state index is 13.0. The van der Waals surface area contributed by atoms with Crippen LogP contribution in [-0.2, 0) is 28.8 Å². The number of amides is 3. The number of aliphatic carboxylic acids is 3. The van der Waals surface area contributed by atoms with Crippen LogP contribution < -0.4 is 32.7 Å². The minimum atomic E-state index is -1.47. The van der Waals surface area contributed by atoms with Crippen molar-refractivity contribution in [2.24, 2.45) is 17.4 Å². The summed E-state index contributed by atoms with van der Waals surface area (Å²) in [5.41, 5.74) is 11.0. The number of carboxylic acid groups (broad SMARTS) is 3. The van der Waals surface area contributed by atoms with E-state index in [1.54, 1.807) is 13.8 Å². The van der Waals surface area contributed by atoms with Gasteiger partial charge in [0.25, 0.3) is 0 Å². The number of guanidine groups is 1. The summed E-state index contributed by atoms with van der Waals surface area (Å²) in [5, 5.41) is 44.0. The Bertz CT molecular complexity index is 866. The lowest BCUT2D eigenvalue weighted by Gasteiger charge is -2.25. The van der Waals surface area contributed by atoms with E-state index in [2.05, 4.69) is 21.3 Å². The Morgan fingerprint density at radius 2 is 1.21 bits per heavy atom. The molecule has 0 heterocycles. The van der Waals surface area contributed by atoms with Crippen molar-refractivity contribution in [2.75, 3.05) is 6.54 Å². The predicted octanol–water partition coefficient (Wildman–Crippen LogP) is -2.11. The second kappa shape index (κ2) is 17.5. The number of rotatable bonds is 19. The van der Waals surface area contributed by atoms with E-state index in [4.69, 9.17) is 27.1 Å². The van der Waals surface area contributed by atoms with E-state index in [9.17, 15) is 33.9 Å². The molecule has 0 bridgehead atoms. The van der Waals surface area contributed by atoms with Crippen LogP contribution in [0.5, 0.6) is 0 Å². The van der Waals surface area contributed by atoms with Crippen LogP contribution >= 0.6 is 0 Å². The molecule has 0 spiro atoms. The lowest BCUT2D eigenvalue weighted by Crippen LogP contribution is -2.57. The van der Waals surface area contributed by atoms with E-state index in [1.807, 2.05) is 0 Å². The molecule has 0 saturated heterocycles. The zero-order valence-electron chi connectivity index (χ0n) is 21.5. The fourth-order valence-corrected chi connectivity index (χ4v) is 3.27. The van der Waals surface area contributed by atoms with Gasteiger partial charge in [-0.2, -0.15) is 0 Å². The van der Waals surface area contributed by atoms with Crippen LogP contribution in [-0.4, -0.2) is 87.6 Å². The van der Waals surface area contributed by atoms with Gasteiger partial charge < -0.3 is 48.1 Å². The molecule has 0 rings (SSSR count). The van der Waals surface area contributed by atoms with Crippen LogP contribution in [0.2, 0.25) is 0 Å². The van der Waals surface area contributed by atoms with Gasteiger partial charge in [-0.15, -0.1) is 0 Å². The van der Waals surface area contributed by atoms with Gasteiger partial charge in [0, 0.05) is 19.4 Å². The van der Waals surface area contributed by atoms with E-state index in [1.165, 1.54) is 0 Å². The topological polar surface area (TPSA) is 287 Å². The molecule has 0 aliphatic rings. The monoisotopic (exact) mass is 545 g/mol. The molecular formula is C22H39N7O9. The highest BCUT2D eigenvalue weighted by Gasteiger charge is 2.31. The molecule has 0 unspecified atom stereocenters. The Labute approximate surface area is 219 Å². The van der Waals surface area contributed by atoms with E-state index < -0.39 is 72.6 Å². The minimum absolute atomic E-state index is 0.0811. The number of carboxylic acids is 3. The molecule has 0 aliphatic heterocycles. The first-order valence-corrected chi connectivity index (χ1v) is 12.0. The molecule has 12 N–H and O–H groups in total. The normalized spacial score (nSPS) is 13.9. The number of carbonyl (C=O) groups is 6. The fourth-order valence-electron chi connectivity index (χ4n) is 3.27. The molecule has 3 amide bonds. The van der Waals surface area contributed by atoms with Crippen molar-refractivity contribution in [3.63, 3.8) is 0 Å². The van der Waals surface area contributed by atoms with Gasteiger partial charge in [-0.1, -0.05) is 13.8 Å². The predicted molar refractivity (Wildman–Crippen MR) is 134 cm³/mol. The third kappa shape index (κ3) is 15.2. The van der Waals surface area contributed by atoms with Crippen LogP contribution in [0.15, 0.2) is 0 Å². The van der Waals surface area contributed by atoms with Crippen LogP contribution in [0.4, 0.5) is 0 Å². The van der Waals surface area contributed by atoms with Crippen molar-refractivity contribution in [1.82, 2.24) is 21.3 Å². The summed E-state index contributed by atoms with van der Waals surface area (Å²) in [6.07, 6.45) is -1.21. The van der Waals surface area contributed by atoms with Crippen molar-refractivity contribution in [2.45, 2.75) is 83.0 Å². The molecule has 0 fully saturated rings. The molecule has 216 valence electrons. The first-order valence-electron chi connectivity index (χ1n) is 12.0. The molecular weight excluding hydrogens is 506 g/mol. The van der Waals surface area contributed by atoms with E-state index >= 15 is 0 Å². The lowest BCUT2D eigenvalue weighted by atomic mass is 10.0. The quantitative estimate of drug-likeness (QED) is 0.0474. The molecule has 16 heteroatoms. The highest BCUT2D eigenvalue weighted by atomic mass is 16.4. The van der Waals surface area contributed by atoms with Crippen molar-refractivity contribution in [1.29, 1.82) is 5.41 Å². The molecule has 38 heavy (non-hydrogen) atoms. The molecule has 0 aromatic carbocycles. The second-order valence-corrected chi connectivity index (χ2v) is 9.11. The largest absolute Gasteiger partial charge is 0.481 e. The Hall–Kier alpha value is -3.95. The van der Waals surface area contributed by atoms with Crippen molar-refractivity contribution < 1.29 is 44.1 Å². The fraction of sp³-hybridized carbons (Fsp3) is 0.682. The van der Waals surface area contributed by atoms with Gasteiger partial charge in [0.15, 0.2) is 5.96 Å². The average molecular weight is 546 g/mol. The third-order valence-electron chi connectivity index (χ3n) is 5.23. The summed E-state index contributed by atoms with van der Waals surface area (Å²) in [6.45, 7) is 3.76. The van der Waals surface area contributed by atoms with Crippen LogP contribution in [0, 0.1) is 11.3 Å². The summed E-state index contributed by atoms with van der Waals surface area (Å²) in [4.78, 5) is 71.9. The Kier molecular flexibility index (Phi) is 15.7. The van der Waals surface area contributed by atoms with Gasteiger partial charge in [0.1, 0.15) is 18.1 Å². The molecule has 0 radical (unpaired) electrons. The van der Waals surface area contributed by atoms with Crippen LogP contribution in [0.3, 0.4) is 0 Å². The molecule has 0 saturated carbocycles.